The van der Waals surface area contributed by atoms with Gasteiger partial charge in [0.1, 0.15) is 11.5 Å². The first-order valence-corrected chi connectivity index (χ1v) is 10.1. The number of anilines is 2. The van der Waals surface area contributed by atoms with Gasteiger partial charge in [-0.3, -0.25) is 4.79 Å². The van der Waals surface area contributed by atoms with Crippen LogP contribution in [0.3, 0.4) is 0 Å². The predicted octanol–water partition coefficient (Wildman–Crippen LogP) is 5.54. The van der Waals surface area contributed by atoms with E-state index in [1.165, 1.54) is 5.56 Å². The Morgan fingerprint density at radius 1 is 0.967 bits per heavy atom. The lowest BCUT2D eigenvalue weighted by molar-refractivity contribution is -0.118. The van der Waals surface area contributed by atoms with Crippen LogP contribution in [0, 0.1) is 0 Å². The lowest BCUT2D eigenvalue weighted by Crippen LogP contribution is -2.20. The van der Waals surface area contributed by atoms with Crippen molar-refractivity contribution in [2.45, 2.75) is 19.9 Å². The molecule has 0 radical (unpaired) electrons. The van der Waals surface area contributed by atoms with Crippen LogP contribution in [0.4, 0.5) is 11.4 Å². The van der Waals surface area contributed by atoms with Crippen LogP contribution in [0.5, 0.6) is 11.5 Å². The lowest BCUT2D eigenvalue weighted by Gasteiger charge is -2.12. The van der Waals surface area contributed by atoms with Crippen molar-refractivity contribution in [1.82, 2.24) is 0 Å². The molecule has 3 aromatic rings. The molecule has 0 aliphatic rings. The highest BCUT2D eigenvalue weighted by Gasteiger charge is 2.10. The Morgan fingerprint density at radius 2 is 1.70 bits per heavy atom. The standard InChI is InChI=1S/C24H25ClN2O3/c1-3-17-8-11-19(12-9-17)26-15-18-10-13-22(20(25)14-18)30-16-24(28)27-21-6-4-5-7-23(21)29-2/h4-14,26H,3,15-16H2,1-2H3,(H,27,28). The van der Waals surface area contributed by atoms with E-state index in [0.717, 1.165) is 17.7 Å². The number of carbonyl (C=O) groups excluding carboxylic acids is 1. The van der Waals surface area contributed by atoms with E-state index < -0.39 is 0 Å². The van der Waals surface area contributed by atoms with E-state index in [9.17, 15) is 4.79 Å². The van der Waals surface area contributed by atoms with Crippen LogP contribution < -0.4 is 20.1 Å². The summed E-state index contributed by atoms with van der Waals surface area (Å²) in [5.41, 5.74) is 3.97. The van der Waals surface area contributed by atoms with Gasteiger partial charge in [-0.15, -0.1) is 0 Å². The average Bonchev–Trinajstić information content (AvgIpc) is 2.77. The highest BCUT2D eigenvalue weighted by Crippen LogP contribution is 2.27. The van der Waals surface area contributed by atoms with Gasteiger partial charge in [-0.05, 0) is 53.9 Å². The molecule has 0 aliphatic carbocycles. The van der Waals surface area contributed by atoms with E-state index in [2.05, 4.69) is 41.8 Å². The number of halogens is 1. The third-order valence-electron chi connectivity index (χ3n) is 4.59. The second kappa shape index (κ2) is 10.6. The molecule has 0 aliphatic heterocycles. The third kappa shape index (κ3) is 5.91. The van der Waals surface area contributed by atoms with Crippen molar-refractivity contribution in [2.24, 2.45) is 0 Å². The fourth-order valence-electron chi connectivity index (χ4n) is 2.91. The second-order valence-corrected chi connectivity index (χ2v) is 7.11. The molecule has 5 nitrogen and oxygen atoms in total. The molecule has 2 N–H and O–H groups in total. The molecule has 0 atom stereocenters. The van der Waals surface area contributed by atoms with Crippen LogP contribution in [0.2, 0.25) is 5.02 Å². The molecule has 0 saturated heterocycles. The SMILES string of the molecule is CCc1ccc(NCc2ccc(OCC(=O)Nc3ccccc3OC)c(Cl)c2)cc1. The number of hydrogen-bond donors (Lipinski definition) is 2. The van der Waals surface area contributed by atoms with Gasteiger partial charge >= 0.3 is 0 Å². The Morgan fingerprint density at radius 3 is 2.40 bits per heavy atom. The van der Waals surface area contributed by atoms with Gasteiger partial charge in [0, 0.05) is 12.2 Å². The number of ether oxygens (including phenoxy) is 2. The first-order chi connectivity index (χ1) is 14.6. The number of hydrogen-bond acceptors (Lipinski definition) is 4. The van der Waals surface area contributed by atoms with Gasteiger partial charge in [0.25, 0.3) is 5.91 Å². The molecule has 0 aromatic heterocycles. The molecule has 3 aromatic carbocycles. The maximum Gasteiger partial charge on any atom is 0.262 e. The molecule has 0 heterocycles. The van der Waals surface area contributed by atoms with Crippen LogP contribution in [0.25, 0.3) is 0 Å². The molecule has 0 unspecified atom stereocenters. The summed E-state index contributed by atoms with van der Waals surface area (Å²) in [6.45, 7) is 2.62. The maximum absolute atomic E-state index is 12.2. The zero-order chi connectivity index (χ0) is 21.3. The average molecular weight is 425 g/mol. The fourth-order valence-corrected chi connectivity index (χ4v) is 3.17. The van der Waals surface area contributed by atoms with E-state index >= 15 is 0 Å². The molecular weight excluding hydrogens is 400 g/mol. The third-order valence-corrected chi connectivity index (χ3v) is 4.89. The Bertz CT molecular complexity index is 990. The monoisotopic (exact) mass is 424 g/mol. The van der Waals surface area contributed by atoms with E-state index in [1.807, 2.05) is 24.3 Å². The Kier molecular flexibility index (Phi) is 7.57. The molecular formula is C24H25ClN2O3. The van der Waals surface area contributed by atoms with Crippen LogP contribution in [-0.4, -0.2) is 19.6 Å². The van der Waals surface area contributed by atoms with Crippen molar-refractivity contribution >= 4 is 28.9 Å². The number of methoxy groups -OCH3 is 1. The molecule has 0 spiro atoms. The van der Waals surface area contributed by atoms with Crippen molar-refractivity contribution in [3.63, 3.8) is 0 Å². The Balaban J connectivity index is 1.52. The number of nitrogens with one attached hydrogen (secondary N) is 2. The molecule has 0 bridgehead atoms. The molecule has 0 saturated carbocycles. The van der Waals surface area contributed by atoms with Crippen molar-refractivity contribution < 1.29 is 14.3 Å². The summed E-state index contributed by atoms with van der Waals surface area (Å²) < 4.78 is 10.8. The molecule has 6 heteroatoms. The van der Waals surface area contributed by atoms with Crippen molar-refractivity contribution in [3.05, 3.63) is 82.9 Å². The van der Waals surface area contributed by atoms with Crippen LogP contribution in [0.15, 0.2) is 66.7 Å². The van der Waals surface area contributed by atoms with Crippen LogP contribution in [-0.2, 0) is 17.8 Å². The van der Waals surface area contributed by atoms with E-state index in [0.29, 0.717) is 28.8 Å². The second-order valence-electron chi connectivity index (χ2n) is 6.71. The highest BCUT2D eigenvalue weighted by molar-refractivity contribution is 6.32. The van der Waals surface area contributed by atoms with Crippen molar-refractivity contribution in [1.29, 1.82) is 0 Å². The van der Waals surface area contributed by atoms with Gasteiger partial charge in [0.05, 0.1) is 17.8 Å². The Hall–Kier alpha value is -3.18. The minimum atomic E-state index is -0.295. The molecule has 3 rings (SSSR count). The summed E-state index contributed by atoms with van der Waals surface area (Å²) >= 11 is 6.34. The quantitative estimate of drug-likeness (QED) is 0.473. The number of carbonyl (C=O) groups is 1. The maximum atomic E-state index is 12.2. The zero-order valence-corrected chi connectivity index (χ0v) is 17.8. The molecule has 30 heavy (non-hydrogen) atoms. The predicted molar refractivity (Wildman–Crippen MR) is 122 cm³/mol. The summed E-state index contributed by atoms with van der Waals surface area (Å²) in [6.07, 6.45) is 1.02. The summed E-state index contributed by atoms with van der Waals surface area (Å²) in [5.74, 6) is 0.754. The zero-order valence-electron chi connectivity index (χ0n) is 17.1. The summed E-state index contributed by atoms with van der Waals surface area (Å²) in [5, 5.41) is 6.60. The van der Waals surface area contributed by atoms with Gasteiger partial charge in [-0.1, -0.05) is 48.9 Å². The van der Waals surface area contributed by atoms with Crippen LogP contribution >= 0.6 is 11.6 Å². The minimum absolute atomic E-state index is 0.154. The van der Waals surface area contributed by atoms with E-state index in [4.69, 9.17) is 21.1 Å². The number of benzene rings is 3. The topological polar surface area (TPSA) is 59.6 Å². The van der Waals surface area contributed by atoms with Gasteiger partial charge in [0.15, 0.2) is 6.61 Å². The molecule has 0 fully saturated rings. The highest BCUT2D eigenvalue weighted by atomic mass is 35.5. The van der Waals surface area contributed by atoms with Crippen molar-refractivity contribution in [2.75, 3.05) is 24.4 Å². The number of para-hydroxylation sites is 2. The summed E-state index contributed by atoms with van der Waals surface area (Å²) in [6, 6.07) is 21.1. The van der Waals surface area contributed by atoms with Crippen LogP contribution in [0.1, 0.15) is 18.1 Å². The van der Waals surface area contributed by atoms with Gasteiger partial charge in [-0.25, -0.2) is 0 Å². The lowest BCUT2D eigenvalue weighted by atomic mass is 10.1. The van der Waals surface area contributed by atoms with Gasteiger partial charge < -0.3 is 20.1 Å². The minimum Gasteiger partial charge on any atom is -0.495 e. The van der Waals surface area contributed by atoms with E-state index in [-0.39, 0.29) is 12.5 Å². The van der Waals surface area contributed by atoms with Crippen molar-refractivity contribution in [3.8, 4) is 11.5 Å². The number of aryl methyl sites for hydroxylation is 1. The number of rotatable bonds is 9. The summed E-state index contributed by atoms with van der Waals surface area (Å²) in [7, 11) is 1.55. The fraction of sp³-hybridized carbons (Fsp3) is 0.208. The Labute approximate surface area is 182 Å². The number of amides is 1. The molecule has 156 valence electrons. The van der Waals surface area contributed by atoms with Gasteiger partial charge in [0.2, 0.25) is 0 Å². The first-order valence-electron chi connectivity index (χ1n) is 9.76. The smallest absolute Gasteiger partial charge is 0.262 e. The molecule has 1 amide bonds. The summed E-state index contributed by atoms with van der Waals surface area (Å²) in [4.78, 5) is 12.2. The van der Waals surface area contributed by atoms with E-state index in [1.54, 1.807) is 25.3 Å². The normalized spacial score (nSPS) is 10.4. The first kappa shape index (κ1) is 21.5. The van der Waals surface area contributed by atoms with Gasteiger partial charge in [-0.2, -0.15) is 0 Å². The largest absolute Gasteiger partial charge is 0.495 e.